The number of carbonyl (C=O) groups excluding carboxylic acids is 1. The lowest BCUT2D eigenvalue weighted by Crippen LogP contribution is -2.31. The zero-order valence-corrected chi connectivity index (χ0v) is 17.9. The minimum absolute atomic E-state index is 0.156. The topological polar surface area (TPSA) is 79.4 Å². The van der Waals surface area contributed by atoms with E-state index in [0.29, 0.717) is 23.8 Å². The second-order valence-corrected chi connectivity index (χ2v) is 9.45. The molecule has 1 N–H and O–H groups in total. The molecule has 1 aromatic heterocycles. The zero-order valence-electron chi connectivity index (χ0n) is 16.3. The maximum absolute atomic E-state index is 12.9. The van der Waals surface area contributed by atoms with Gasteiger partial charge in [0.25, 0.3) is 5.91 Å². The van der Waals surface area contributed by atoms with Crippen molar-refractivity contribution in [1.29, 1.82) is 0 Å². The predicted octanol–water partition coefficient (Wildman–Crippen LogP) is 4.20. The SMILES string of the molecule is CCN(CC)S(=O)(=O)c1cc(C(=O)Nc2nc3ccc(C)cc3s2)ccc1C. The van der Waals surface area contributed by atoms with Gasteiger partial charge in [-0.05, 0) is 49.2 Å². The third-order valence-electron chi connectivity index (χ3n) is 4.54. The fourth-order valence-corrected chi connectivity index (χ4v) is 5.64. The zero-order chi connectivity index (χ0) is 20.5. The molecule has 1 amide bonds. The van der Waals surface area contributed by atoms with Crippen LogP contribution in [0.1, 0.15) is 35.3 Å². The Bertz CT molecular complexity index is 1130. The van der Waals surface area contributed by atoms with Gasteiger partial charge < -0.3 is 0 Å². The average molecular weight is 418 g/mol. The highest BCUT2D eigenvalue weighted by molar-refractivity contribution is 7.89. The molecule has 0 atom stereocenters. The summed E-state index contributed by atoms with van der Waals surface area (Å²) >= 11 is 1.39. The minimum atomic E-state index is -3.65. The predicted molar refractivity (Wildman–Crippen MR) is 114 cm³/mol. The second kappa shape index (κ2) is 7.98. The first kappa shape index (κ1) is 20.4. The number of anilines is 1. The Labute approximate surface area is 169 Å². The lowest BCUT2D eigenvalue weighted by atomic mass is 10.1. The third-order valence-corrected chi connectivity index (χ3v) is 7.66. The Morgan fingerprint density at radius 3 is 2.50 bits per heavy atom. The largest absolute Gasteiger partial charge is 0.298 e. The van der Waals surface area contributed by atoms with E-state index in [0.717, 1.165) is 15.8 Å². The summed E-state index contributed by atoms with van der Waals surface area (Å²) in [5.41, 5.74) is 2.84. The van der Waals surface area contributed by atoms with Gasteiger partial charge in [-0.2, -0.15) is 4.31 Å². The molecular weight excluding hydrogens is 394 g/mol. The molecular formula is C20H23N3O3S2. The maximum atomic E-state index is 12.9. The van der Waals surface area contributed by atoms with Crippen LogP contribution >= 0.6 is 11.3 Å². The number of carbonyl (C=O) groups is 1. The molecule has 0 fully saturated rings. The standard InChI is InChI=1S/C20H23N3O3S2/c1-5-23(6-2)28(25,26)18-12-15(9-8-14(18)4)19(24)22-20-21-16-10-7-13(3)11-17(16)27-20/h7-12H,5-6H2,1-4H3,(H,21,22,24). The number of hydrogen-bond donors (Lipinski definition) is 1. The van der Waals surface area contributed by atoms with Crippen molar-refractivity contribution in [3.05, 3.63) is 53.1 Å². The van der Waals surface area contributed by atoms with Crippen molar-refractivity contribution in [2.45, 2.75) is 32.6 Å². The van der Waals surface area contributed by atoms with Gasteiger partial charge in [0, 0.05) is 18.7 Å². The van der Waals surface area contributed by atoms with Gasteiger partial charge >= 0.3 is 0 Å². The molecule has 28 heavy (non-hydrogen) atoms. The first-order valence-electron chi connectivity index (χ1n) is 9.05. The number of benzene rings is 2. The summed E-state index contributed by atoms with van der Waals surface area (Å²) in [7, 11) is -3.65. The van der Waals surface area contributed by atoms with E-state index in [1.165, 1.54) is 21.7 Å². The highest BCUT2D eigenvalue weighted by Crippen LogP contribution is 2.27. The lowest BCUT2D eigenvalue weighted by molar-refractivity contribution is 0.102. The van der Waals surface area contributed by atoms with Crippen molar-refractivity contribution < 1.29 is 13.2 Å². The van der Waals surface area contributed by atoms with Crippen LogP contribution < -0.4 is 5.32 Å². The van der Waals surface area contributed by atoms with E-state index in [-0.39, 0.29) is 16.4 Å². The van der Waals surface area contributed by atoms with E-state index in [4.69, 9.17) is 0 Å². The van der Waals surface area contributed by atoms with E-state index in [1.807, 2.05) is 25.1 Å². The molecule has 0 saturated heterocycles. The number of sulfonamides is 1. The van der Waals surface area contributed by atoms with Gasteiger partial charge in [-0.1, -0.05) is 37.3 Å². The minimum Gasteiger partial charge on any atom is -0.298 e. The molecule has 0 aliphatic rings. The van der Waals surface area contributed by atoms with Gasteiger partial charge in [0.1, 0.15) is 0 Å². The summed E-state index contributed by atoms with van der Waals surface area (Å²) < 4.78 is 28.1. The number of fused-ring (bicyclic) bond motifs is 1. The summed E-state index contributed by atoms with van der Waals surface area (Å²) in [6.07, 6.45) is 0. The fourth-order valence-electron chi connectivity index (χ4n) is 2.98. The number of nitrogens with zero attached hydrogens (tertiary/aromatic N) is 2. The molecule has 8 heteroatoms. The van der Waals surface area contributed by atoms with Gasteiger partial charge in [-0.25, -0.2) is 13.4 Å². The molecule has 0 aliphatic heterocycles. The smallest absolute Gasteiger partial charge is 0.257 e. The first-order valence-corrected chi connectivity index (χ1v) is 11.3. The van der Waals surface area contributed by atoms with Crippen LogP contribution in [0.25, 0.3) is 10.2 Å². The first-order chi connectivity index (χ1) is 13.3. The lowest BCUT2D eigenvalue weighted by Gasteiger charge is -2.20. The second-order valence-electron chi connectivity index (χ2n) is 6.51. The van der Waals surface area contributed by atoms with E-state index in [9.17, 15) is 13.2 Å². The Balaban J connectivity index is 1.91. The average Bonchev–Trinajstić information content (AvgIpc) is 3.03. The van der Waals surface area contributed by atoms with Crippen molar-refractivity contribution in [3.63, 3.8) is 0 Å². The summed E-state index contributed by atoms with van der Waals surface area (Å²) in [5, 5.41) is 3.27. The van der Waals surface area contributed by atoms with Crippen LogP contribution in [0, 0.1) is 13.8 Å². The molecule has 0 radical (unpaired) electrons. The summed E-state index contributed by atoms with van der Waals surface area (Å²) in [6, 6.07) is 10.6. The Morgan fingerprint density at radius 1 is 1.11 bits per heavy atom. The van der Waals surface area contributed by atoms with Crippen molar-refractivity contribution in [2.24, 2.45) is 0 Å². The molecule has 3 aromatic rings. The molecule has 1 heterocycles. The molecule has 2 aromatic carbocycles. The van der Waals surface area contributed by atoms with Crippen LogP contribution in [-0.4, -0.2) is 36.7 Å². The molecule has 0 spiro atoms. The molecule has 6 nitrogen and oxygen atoms in total. The Hall–Kier alpha value is -2.29. The number of hydrogen-bond acceptors (Lipinski definition) is 5. The third kappa shape index (κ3) is 3.94. The van der Waals surface area contributed by atoms with E-state index >= 15 is 0 Å². The van der Waals surface area contributed by atoms with Crippen LogP contribution in [0.4, 0.5) is 5.13 Å². The number of amides is 1. The van der Waals surface area contributed by atoms with Gasteiger partial charge in [-0.3, -0.25) is 10.1 Å². The van der Waals surface area contributed by atoms with Gasteiger partial charge in [0.15, 0.2) is 5.13 Å². The van der Waals surface area contributed by atoms with E-state index in [2.05, 4.69) is 10.3 Å². The number of aryl methyl sites for hydroxylation is 2. The fraction of sp³-hybridized carbons (Fsp3) is 0.300. The van der Waals surface area contributed by atoms with Crippen molar-refractivity contribution in [1.82, 2.24) is 9.29 Å². The summed E-state index contributed by atoms with van der Waals surface area (Å²) in [4.78, 5) is 17.3. The maximum Gasteiger partial charge on any atom is 0.257 e. The van der Waals surface area contributed by atoms with Gasteiger partial charge in [-0.15, -0.1) is 0 Å². The monoisotopic (exact) mass is 417 g/mol. The quantitative estimate of drug-likeness (QED) is 0.652. The number of rotatable bonds is 6. The highest BCUT2D eigenvalue weighted by Gasteiger charge is 2.25. The molecule has 0 bridgehead atoms. The van der Waals surface area contributed by atoms with Crippen LogP contribution in [0.2, 0.25) is 0 Å². The van der Waals surface area contributed by atoms with E-state index < -0.39 is 10.0 Å². The Kier molecular flexibility index (Phi) is 5.83. The number of nitrogens with one attached hydrogen (secondary N) is 1. The van der Waals surface area contributed by atoms with E-state index in [1.54, 1.807) is 32.9 Å². The number of aromatic nitrogens is 1. The van der Waals surface area contributed by atoms with Crippen LogP contribution in [0.3, 0.4) is 0 Å². The number of thiazole rings is 1. The van der Waals surface area contributed by atoms with Crippen molar-refractivity contribution in [2.75, 3.05) is 18.4 Å². The summed E-state index contributed by atoms with van der Waals surface area (Å²) in [6.45, 7) is 8.07. The van der Waals surface area contributed by atoms with Crippen LogP contribution in [0.5, 0.6) is 0 Å². The van der Waals surface area contributed by atoms with Gasteiger partial charge in [0.05, 0.1) is 15.1 Å². The van der Waals surface area contributed by atoms with Crippen LogP contribution in [0.15, 0.2) is 41.3 Å². The molecule has 0 saturated carbocycles. The summed E-state index contributed by atoms with van der Waals surface area (Å²) in [5.74, 6) is -0.383. The van der Waals surface area contributed by atoms with Crippen LogP contribution in [-0.2, 0) is 10.0 Å². The van der Waals surface area contributed by atoms with Crippen molar-refractivity contribution in [3.8, 4) is 0 Å². The van der Waals surface area contributed by atoms with Gasteiger partial charge in [0.2, 0.25) is 10.0 Å². The normalized spacial score (nSPS) is 11.9. The van der Waals surface area contributed by atoms with Crippen molar-refractivity contribution >= 4 is 42.6 Å². The highest BCUT2D eigenvalue weighted by atomic mass is 32.2. The Morgan fingerprint density at radius 2 is 1.82 bits per heavy atom. The molecule has 0 aliphatic carbocycles. The molecule has 148 valence electrons. The molecule has 3 rings (SSSR count). The molecule has 0 unspecified atom stereocenters.